The SMILES string of the molecule is CC(C)=CCOC(=O)CCCC(=O)OCC(C)C. The molecule has 0 amide bonds. The van der Waals surface area contributed by atoms with Gasteiger partial charge in [-0.25, -0.2) is 0 Å². The average molecular weight is 256 g/mol. The lowest BCUT2D eigenvalue weighted by Crippen LogP contribution is -2.11. The third kappa shape index (κ3) is 11.2. The van der Waals surface area contributed by atoms with Gasteiger partial charge in [0.25, 0.3) is 0 Å². The molecule has 0 aromatic heterocycles. The van der Waals surface area contributed by atoms with Crippen molar-refractivity contribution in [1.82, 2.24) is 0 Å². The molecule has 4 nitrogen and oxygen atoms in total. The van der Waals surface area contributed by atoms with Crippen molar-refractivity contribution in [1.29, 1.82) is 0 Å². The third-order valence-corrected chi connectivity index (χ3v) is 2.08. The minimum Gasteiger partial charge on any atom is -0.465 e. The first-order valence-electron chi connectivity index (χ1n) is 6.36. The van der Waals surface area contributed by atoms with E-state index in [0.717, 1.165) is 5.57 Å². The summed E-state index contributed by atoms with van der Waals surface area (Å²) in [5.74, 6) is -0.187. The van der Waals surface area contributed by atoms with E-state index in [-0.39, 0.29) is 24.8 Å². The van der Waals surface area contributed by atoms with Crippen LogP contribution in [0.1, 0.15) is 47.0 Å². The van der Waals surface area contributed by atoms with E-state index in [1.165, 1.54) is 0 Å². The molecule has 4 heteroatoms. The van der Waals surface area contributed by atoms with Gasteiger partial charge in [-0.15, -0.1) is 0 Å². The zero-order chi connectivity index (χ0) is 14.0. The van der Waals surface area contributed by atoms with Gasteiger partial charge in [-0.05, 0) is 32.3 Å². The van der Waals surface area contributed by atoms with E-state index in [2.05, 4.69) is 0 Å². The highest BCUT2D eigenvalue weighted by Crippen LogP contribution is 2.02. The Morgan fingerprint density at radius 1 is 1.06 bits per heavy atom. The maximum Gasteiger partial charge on any atom is 0.306 e. The number of carbonyl (C=O) groups is 2. The lowest BCUT2D eigenvalue weighted by molar-refractivity contribution is -0.145. The lowest BCUT2D eigenvalue weighted by atomic mass is 10.2. The van der Waals surface area contributed by atoms with Crippen molar-refractivity contribution in [2.75, 3.05) is 13.2 Å². The van der Waals surface area contributed by atoms with Crippen LogP contribution in [0.15, 0.2) is 11.6 Å². The summed E-state index contributed by atoms with van der Waals surface area (Å²) < 4.78 is 9.96. The van der Waals surface area contributed by atoms with Crippen LogP contribution in [-0.4, -0.2) is 25.2 Å². The number of rotatable bonds is 8. The molecule has 0 saturated heterocycles. The summed E-state index contributed by atoms with van der Waals surface area (Å²) in [6.45, 7) is 8.59. The Kier molecular flexibility index (Phi) is 8.97. The molecule has 18 heavy (non-hydrogen) atoms. The number of ether oxygens (including phenoxy) is 2. The van der Waals surface area contributed by atoms with Gasteiger partial charge in [-0.3, -0.25) is 9.59 Å². The second-order valence-corrected chi connectivity index (χ2v) is 4.89. The highest BCUT2D eigenvalue weighted by atomic mass is 16.5. The van der Waals surface area contributed by atoms with Crippen molar-refractivity contribution in [3.8, 4) is 0 Å². The van der Waals surface area contributed by atoms with Crippen molar-refractivity contribution >= 4 is 11.9 Å². The molecular formula is C14H24O4. The summed E-state index contributed by atoms with van der Waals surface area (Å²) in [4.78, 5) is 22.5. The number of esters is 2. The minimum atomic E-state index is -0.274. The molecule has 104 valence electrons. The standard InChI is InChI=1S/C14H24O4/c1-11(2)8-9-17-13(15)6-5-7-14(16)18-10-12(3)4/h8,12H,5-7,9-10H2,1-4H3. The summed E-state index contributed by atoms with van der Waals surface area (Å²) in [5.41, 5.74) is 1.11. The second kappa shape index (κ2) is 9.68. The van der Waals surface area contributed by atoms with E-state index in [0.29, 0.717) is 25.6 Å². The van der Waals surface area contributed by atoms with Gasteiger partial charge in [-0.2, -0.15) is 0 Å². The zero-order valence-electron chi connectivity index (χ0n) is 11.8. The van der Waals surface area contributed by atoms with Gasteiger partial charge >= 0.3 is 11.9 Å². The van der Waals surface area contributed by atoms with Gasteiger partial charge in [0.05, 0.1) is 6.61 Å². The molecule has 0 aromatic rings. The molecule has 0 fully saturated rings. The normalized spacial score (nSPS) is 10.1. The Bertz CT molecular complexity index is 288. The number of allylic oxidation sites excluding steroid dienone is 1. The molecule has 0 aromatic carbocycles. The van der Waals surface area contributed by atoms with Crippen LogP contribution in [0.4, 0.5) is 0 Å². The van der Waals surface area contributed by atoms with Gasteiger partial charge in [0.15, 0.2) is 0 Å². The van der Waals surface area contributed by atoms with Gasteiger partial charge in [-0.1, -0.05) is 19.4 Å². The Balaban J connectivity index is 3.56. The van der Waals surface area contributed by atoms with Crippen molar-refractivity contribution in [3.63, 3.8) is 0 Å². The lowest BCUT2D eigenvalue weighted by Gasteiger charge is -2.06. The van der Waals surface area contributed by atoms with Crippen LogP contribution < -0.4 is 0 Å². The van der Waals surface area contributed by atoms with Crippen LogP contribution in [0.25, 0.3) is 0 Å². The average Bonchev–Trinajstić information content (AvgIpc) is 2.25. The van der Waals surface area contributed by atoms with E-state index in [1.54, 1.807) is 0 Å². The van der Waals surface area contributed by atoms with Crippen LogP contribution in [0.5, 0.6) is 0 Å². The molecule has 0 aliphatic heterocycles. The highest BCUT2D eigenvalue weighted by Gasteiger charge is 2.07. The first kappa shape index (κ1) is 16.7. The summed E-state index contributed by atoms with van der Waals surface area (Å²) in [6.07, 6.45) is 2.84. The molecule has 0 bridgehead atoms. The summed E-state index contributed by atoms with van der Waals surface area (Å²) in [7, 11) is 0. The van der Waals surface area contributed by atoms with Gasteiger partial charge in [0, 0.05) is 12.8 Å². The largest absolute Gasteiger partial charge is 0.465 e. The predicted molar refractivity (Wildman–Crippen MR) is 70.0 cm³/mol. The maximum atomic E-state index is 11.3. The number of carbonyl (C=O) groups excluding carboxylic acids is 2. The predicted octanol–water partition coefficient (Wildman–Crippen LogP) is 2.87. The summed E-state index contributed by atoms with van der Waals surface area (Å²) >= 11 is 0. The van der Waals surface area contributed by atoms with Gasteiger partial charge in [0.2, 0.25) is 0 Å². The van der Waals surface area contributed by atoms with Crippen LogP contribution >= 0.6 is 0 Å². The topological polar surface area (TPSA) is 52.6 Å². The van der Waals surface area contributed by atoms with E-state index < -0.39 is 0 Å². The maximum absolute atomic E-state index is 11.3. The van der Waals surface area contributed by atoms with Crippen molar-refractivity contribution < 1.29 is 19.1 Å². The highest BCUT2D eigenvalue weighted by molar-refractivity contribution is 5.72. The fraction of sp³-hybridized carbons (Fsp3) is 0.714. The number of hydrogen-bond acceptors (Lipinski definition) is 4. The van der Waals surface area contributed by atoms with Crippen LogP contribution in [0.3, 0.4) is 0 Å². The van der Waals surface area contributed by atoms with Gasteiger partial charge in [0.1, 0.15) is 6.61 Å². The van der Waals surface area contributed by atoms with Crippen molar-refractivity contribution in [3.05, 3.63) is 11.6 Å². The Morgan fingerprint density at radius 3 is 2.11 bits per heavy atom. The van der Waals surface area contributed by atoms with E-state index in [4.69, 9.17) is 9.47 Å². The smallest absolute Gasteiger partial charge is 0.306 e. The quantitative estimate of drug-likeness (QED) is 0.495. The molecular weight excluding hydrogens is 232 g/mol. The Labute approximate surface area is 109 Å². The first-order valence-corrected chi connectivity index (χ1v) is 6.36. The molecule has 0 heterocycles. The van der Waals surface area contributed by atoms with E-state index in [9.17, 15) is 9.59 Å². The fourth-order valence-corrected chi connectivity index (χ4v) is 1.08. The monoisotopic (exact) mass is 256 g/mol. The summed E-state index contributed by atoms with van der Waals surface area (Å²) in [5, 5.41) is 0. The second-order valence-electron chi connectivity index (χ2n) is 4.89. The van der Waals surface area contributed by atoms with E-state index in [1.807, 2.05) is 33.8 Å². The molecule has 0 N–H and O–H groups in total. The Morgan fingerprint density at radius 2 is 1.61 bits per heavy atom. The van der Waals surface area contributed by atoms with Gasteiger partial charge < -0.3 is 9.47 Å². The first-order chi connectivity index (χ1) is 8.41. The minimum absolute atomic E-state index is 0.249. The molecule has 0 rings (SSSR count). The molecule has 0 aliphatic rings. The molecule has 0 aliphatic carbocycles. The van der Waals surface area contributed by atoms with E-state index >= 15 is 0 Å². The summed E-state index contributed by atoms with van der Waals surface area (Å²) in [6, 6.07) is 0. The molecule has 0 atom stereocenters. The third-order valence-electron chi connectivity index (χ3n) is 2.08. The fourth-order valence-electron chi connectivity index (χ4n) is 1.08. The van der Waals surface area contributed by atoms with Crippen LogP contribution in [-0.2, 0) is 19.1 Å². The van der Waals surface area contributed by atoms with Crippen LogP contribution in [0.2, 0.25) is 0 Å². The molecule has 0 radical (unpaired) electrons. The molecule has 0 saturated carbocycles. The zero-order valence-corrected chi connectivity index (χ0v) is 11.8. The number of hydrogen-bond donors (Lipinski definition) is 0. The Hall–Kier alpha value is -1.32. The molecule has 0 unspecified atom stereocenters. The van der Waals surface area contributed by atoms with Crippen molar-refractivity contribution in [2.24, 2.45) is 5.92 Å². The van der Waals surface area contributed by atoms with Crippen molar-refractivity contribution in [2.45, 2.75) is 47.0 Å². The van der Waals surface area contributed by atoms with Crippen LogP contribution in [0, 0.1) is 5.92 Å². The molecule has 0 spiro atoms.